The molecule has 0 amide bonds. The molecule has 0 aliphatic heterocycles. The van der Waals surface area contributed by atoms with E-state index in [9.17, 15) is 19.2 Å². The first kappa shape index (κ1) is 18.0. The lowest BCUT2D eigenvalue weighted by Gasteiger charge is -2.08. The van der Waals surface area contributed by atoms with Crippen molar-refractivity contribution in [3.8, 4) is 0 Å². The SMILES string of the molecule is Cn1c(N)c(C(=O)COC(=O)CSCc2cccs2)c(=O)[nH]c1=O. The first-order valence-corrected chi connectivity index (χ1v) is 8.81. The Balaban J connectivity index is 1.89. The summed E-state index contributed by atoms with van der Waals surface area (Å²) < 4.78 is 5.79. The highest BCUT2D eigenvalue weighted by atomic mass is 32.2. The highest BCUT2D eigenvalue weighted by Gasteiger charge is 2.19. The molecule has 8 nitrogen and oxygen atoms in total. The predicted octanol–water partition coefficient (Wildman–Crippen LogP) is 0.377. The molecule has 128 valence electrons. The molecule has 2 heterocycles. The van der Waals surface area contributed by atoms with Gasteiger partial charge in [-0.25, -0.2) is 4.79 Å². The Morgan fingerprint density at radius 3 is 2.83 bits per heavy atom. The van der Waals surface area contributed by atoms with E-state index < -0.39 is 35.2 Å². The Morgan fingerprint density at radius 1 is 1.42 bits per heavy atom. The zero-order valence-electron chi connectivity index (χ0n) is 12.7. The van der Waals surface area contributed by atoms with Gasteiger partial charge in [-0.3, -0.25) is 23.9 Å². The summed E-state index contributed by atoms with van der Waals surface area (Å²) in [5, 5.41) is 1.95. The lowest BCUT2D eigenvalue weighted by Crippen LogP contribution is -2.35. The van der Waals surface area contributed by atoms with Crippen molar-refractivity contribution in [1.29, 1.82) is 0 Å². The molecule has 0 unspecified atom stereocenters. The summed E-state index contributed by atoms with van der Waals surface area (Å²) in [5.41, 5.74) is 3.59. The number of nitrogens with one attached hydrogen (secondary N) is 1. The van der Waals surface area contributed by atoms with Gasteiger partial charge < -0.3 is 10.5 Å². The van der Waals surface area contributed by atoms with Gasteiger partial charge in [0, 0.05) is 17.7 Å². The van der Waals surface area contributed by atoms with Gasteiger partial charge in [0.05, 0.1) is 5.75 Å². The summed E-state index contributed by atoms with van der Waals surface area (Å²) in [5.74, 6) is -0.833. The molecule has 0 aliphatic rings. The number of aromatic nitrogens is 2. The van der Waals surface area contributed by atoms with Crippen LogP contribution in [0.1, 0.15) is 15.2 Å². The van der Waals surface area contributed by atoms with Crippen molar-refractivity contribution < 1.29 is 14.3 Å². The maximum absolute atomic E-state index is 12.0. The number of thioether (sulfide) groups is 1. The number of ether oxygens (including phenoxy) is 1. The number of H-pyrrole nitrogens is 1. The van der Waals surface area contributed by atoms with Crippen molar-refractivity contribution in [2.75, 3.05) is 18.1 Å². The van der Waals surface area contributed by atoms with Crippen LogP contribution in [0, 0.1) is 0 Å². The van der Waals surface area contributed by atoms with Gasteiger partial charge in [0.25, 0.3) is 5.56 Å². The second-order valence-corrected chi connectivity index (χ2v) is 6.75. The number of esters is 1. The molecule has 0 radical (unpaired) electrons. The maximum atomic E-state index is 12.0. The minimum atomic E-state index is -0.899. The second kappa shape index (κ2) is 7.97. The normalized spacial score (nSPS) is 10.5. The average Bonchev–Trinajstić information content (AvgIpc) is 3.04. The van der Waals surface area contributed by atoms with Gasteiger partial charge in [0.1, 0.15) is 11.4 Å². The minimum absolute atomic E-state index is 0.0876. The number of thiophene rings is 1. The molecule has 0 spiro atoms. The molecule has 0 aromatic carbocycles. The number of hydrogen-bond acceptors (Lipinski definition) is 8. The van der Waals surface area contributed by atoms with Gasteiger partial charge in [-0.1, -0.05) is 6.07 Å². The van der Waals surface area contributed by atoms with Crippen molar-refractivity contribution in [1.82, 2.24) is 9.55 Å². The fourth-order valence-electron chi connectivity index (χ4n) is 1.80. The van der Waals surface area contributed by atoms with Crippen LogP contribution in [-0.4, -0.2) is 33.7 Å². The number of aromatic amines is 1. The summed E-state index contributed by atoms with van der Waals surface area (Å²) in [7, 11) is 1.32. The molecule has 0 fully saturated rings. The van der Waals surface area contributed by atoms with Crippen molar-refractivity contribution in [2.24, 2.45) is 7.05 Å². The molecular weight excluding hydrogens is 354 g/mol. The highest BCUT2D eigenvalue weighted by molar-refractivity contribution is 7.99. The van der Waals surface area contributed by atoms with Gasteiger partial charge in [-0.05, 0) is 11.4 Å². The van der Waals surface area contributed by atoms with E-state index in [1.165, 1.54) is 18.8 Å². The molecular formula is C14H15N3O5S2. The van der Waals surface area contributed by atoms with Crippen LogP contribution in [-0.2, 0) is 22.3 Å². The number of Topliss-reactive ketones (excluding diaryl/α,β-unsaturated/α-hetero) is 1. The van der Waals surface area contributed by atoms with Gasteiger partial charge in [0.2, 0.25) is 5.78 Å². The Hall–Kier alpha value is -2.33. The lowest BCUT2D eigenvalue weighted by molar-refractivity contribution is -0.139. The van der Waals surface area contributed by atoms with Gasteiger partial charge in [0.15, 0.2) is 6.61 Å². The molecule has 0 saturated carbocycles. The number of ketones is 1. The lowest BCUT2D eigenvalue weighted by atomic mass is 10.2. The average molecular weight is 369 g/mol. The molecule has 24 heavy (non-hydrogen) atoms. The molecule has 0 saturated heterocycles. The monoisotopic (exact) mass is 369 g/mol. The van der Waals surface area contributed by atoms with Gasteiger partial charge in [-0.2, -0.15) is 0 Å². The van der Waals surface area contributed by atoms with E-state index >= 15 is 0 Å². The maximum Gasteiger partial charge on any atom is 0.329 e. The predicted molar refractivity (Wildman–Crippen MR) is 92.5 cm³/mol. The van der Waals surface area contributed by atoms with E-state index in [1.807, 2.05) is 22.5 Å². The summed E-state index contributed by atoms with van der Waals surface area (Å²) in [6, 6.07) is 3.88. The van der Waals surface area contributed by atoms with Gasteiger partial charge >= 0.3 is 11.7 Å². The number of nitrogen functional groups attached to an aromatic ring is 1. The van der Waals surface area contributed by atoms with Crippen molar-refractivity contribution >= 4 is 40.7 Å². The molecule has 2 aromatic rings. The van der Waals surface area contributed by atoms with Crippen LogP contribution in [0.15, 0.2) is 27.1 Å². The number of nitrogens with zero attached hydrogens (tertiary/aromatic N) is 1. The minimum Gasteiger partial charge on any atom is -0.457 e. The standard InChI is InChI=1S/C14H15N3O5S2/c1-17-12(15)11(13(20)16-14(17)21)9(18)5-22-10(19)7-23-6-8-3-2-4-24-8/h2-4H,5-7,15H2,1H3,(H,16,20,21). The van der Waals surface area contributed by atoms with E-state index in [1.54, 1.807) is 11.3 Å². The quantitative estimate of drug-likeness (QED) is 0.534. The molecule has 3 N–H and O–H groups in total. The van der Waals surface area contributed by atoms with Crippen molar-refractivity contribution in [2.45, 2.75) is 5.75 Å². The first-order chi connectivity index (χ1) is 11.4. The first-order valence-electron chi connectivity index (χ1n) is 6.78. The number of nitrogens with two attached hydrogens (primary N) is 1. The number of hydrogen-bond donors (Lipinski definition) is 2. The Kier molecular flexibility index (Phi) is 5.99. The summed E-state index contributed by atoms with van der Waals surface area (Å²) in [6.45, 7) is -0.607. The topological polar surface area (TPSA) is 124 Å². The van der Waals surface area contributed by atoms with Crippen LogP contribution >= 0.6 is 23.1 Å². The van der Waals surface area contributed by atoms with Crippen molar-refractivity contribution in [3.63, 3.8) is 0 Å². The molecule has 0 atom stereocenters. The summed E-state index contributed by atoms with van der Waals surface area (Å²) in [4.78, 5) is 49.8. The van der Waals surface area contributed by atoms with E-state index in [4.69, 9.17) is 10.5 Å². The number of carbonyl (C=O) groups is 2. The molecule has 0 aliphatic carbocycles. The molecule has 2 rings (SSSR count). The zero-order valence-corrected chi connectivity index (χ0v) is 14.4. The van der Waals surface area contributed by atoms with Crippen LogP contribution < -0.4 is 17.0 Å². The Labute approximate surface area is 144 Å². The molecule has 2 aromatic heterocycles. The Morgan fingerprint density at radius 2 is 2.17 bits per heavy atom. The zero-order chi connectivity index (χ0) is 17.7. The largest absolute Gasteiger partial charge is 0.457 e. The van der Waals surface area contributed by atoms with E-state index in [0.29, 0.717) is 5.75 Å². The Bertz CT molecular complexity index is 854. The van der Waals surface area contributed by atoms with Crippen LogP contribution in [0.5, 0.6) is 0 Å². The number of carbonyl (C=O) groups excluding carboxylic acids is 2. The highest BCUT2D eigenvalue weighted by Crippen LogP contribution is 2.17. The fourth-order valence-corrected chi connectivity index (χ4v) is 3.46. The molecule has 10 heteroatoms. The number of rotatable bonds is 7. The third-order valence-electron chi connectivity index (χ3n) is 3.06. The van der Waals surface area contributed by atoms with Crippen molar-refractivity contribution in [3.05, 3.63) is 48.8 Å². The molecule has 0 bridgehead atoms. The van der Waals surface area contributed by atoms with Crippen LogP contribution in [0.2, 0.25) is 0 Å². The van der Waals surface area contributed by atoms with E-state index in [0.717, 1.165) is 9.44 Å². The third kappa shape index (κ3) is 4.36. The summed E-state index contributed by atoms with van der Waals surface area (Å²) >= 11 is 2.95. The van der Waals surface area contributed by atoms with Crippen LogP contribution in [0.25, 0.3) is 0 Å². The third-order valence-corrected chi connectivity index (χ3v) is 5.07. The fraction of sp³-hybridized carbons (Fsp3) is 0.286. The van der Waals surface area contributed by atoms with Crippen LogP contribution in [0.3, 0.4) is 0 Å². The van der Waals surface area contributed by atoms with E-state index in [2.05, 4.69) is 0 Å². The van der Waals surface area contributed by atoms with E-state index in [-0.39, 0.29) is 11.6 Å². The van der Waals surface area contributed by atoms with Crippen LogP contribution in [0.4, 0.5) is 5.82 Å². The second-order valence-electron chi connectivity index (χ2n) is 4.73. The van der Waals surface area contributed by atoms with Gasteiger partial charge in [-0.15, -0.1) is 23.1 Å². The smallest absolute Gasteiger partial charge is 0.329 e. The summed E-state index contributed by atoms with van der Waals surface area (Å²) in [6.07, 6.45) is 0. The number of anilines is 1.